The van der Waals surface area contributed by atoms with Gasteiger partial charge in [-0.15, -0.1) is 0 Å². The minimum atomic E-state index is -0.685. The maximum atomic E-state index is 12.8. The highest BCUT2D eigenvalue weighted by molar-refractivity contribution is 8.14. The van der Waals surface area contributed by atoms with Crippen molar-refractivity contribution < 1.29 is 23.8 Å². The molecule has 0 radical (unpaired) electrons. The quantitative estimate of drug-likeness (QED) is 0.566. The fourth-order valence-corrected chi connectivity index (χ4v) is 4.07. The number of allylic oxidation sites excluding steroid dienone is 1. The van der Waals surface area contributed by atoms with E-state index in [4.69, 9.17) is 19.2 Å². The molecule has 174 valence electrons. The van der Waals surface area contributed by atoms with Crippen LogP contribution in [0.4, 0.5) is 5.69 Å². The molecule has 3 rings (SSSR count). The summed E-state index contributed by atoms with van der Waals surface area (Å²) in [5.74, 6) is 0.685. The van der Waals surface area contributed by atoms with Gasteiger partial charge < -0.3 is 24.8 Å². The first-order valence-corrected chi connectivity index (χ1v) is 11.4. The van der Waals surface area contributed by atoms with Crippen molar-refractivity contribution >= 4 is 34.5 Å². The number of anilines is 1. The van der Waals surface area contributed by atoms with Crippen molar-refractivity contribution in [1.29, 1.82) is 0 Å². The first-order valence-electron chi connectivity index (χ1n) is 10.4. The molecule has 2 N–H and O–H groups in total. The average molecular weight is 470 g/mol. The number of para-hydroxylation sites is 1. The van der Waals surface area contributed by atoms with Crippen molar-refractivity contribution in [2.75, 3.05) is 31.9 Å². The van der Waals surface area contributed by atoms with Gasteiger partial charge in [0.25, 0.3) is 0 Å². The number of thioether (sulfide) groups is 1. The Morgan fingerprint density at radius 3 is 2.55 bits per heavy atom. The summed E-state index contributed by atoms with van der Waals surface area (Å²) in [4.78, 5) is 29.9. The van der Waals surface area contributed by atoms with Gasteiger partial charge in [-0.2, -0.15) is 0 Å². The Balaban J connectivity index is 1.88. The van der Waals surface area contributed by atoms with Gasteiger partial charge in [-0.05, 0) is 44.2 Å². The molecule has 0 aromatic heterocycles. The van der Waals surface area contributed by atoms with E-state index in [0.717, 1.165) is 5.69 Å². The molecule has 8 nitrogen and oxygen atoms in total. The Hall–Kier alpha value is -3.46. The third-order valence-electron chi connectivity index (χ3n) is 4.84. The smallest absolute Gasteiger partial charge is 0.338 e. The lowest BCUT2D eigenvalue weighted by Crippen LogP contribution is -2.31. The van der Waals surface area contributed by atoms with Crippen molar-refractivity contribution in [2.24, 2.45) is 4.99 Å². The molecule has 0 bridgehead atoms. The molecule has 0 saturated carbocycles. The highest BCUT2D eigenvalue weighted by Gasteiger charge is 2.32. The molecule has 33 heavy (non-hydrogen) atoms. The SMILES string of the molecule is CCOC(=O)C1=C(C)NC(SCC(=O)Nc2ccccc2)=N[C@@H]1c1cc(OC)ccc1OC. The van der Waals surface area contributed by atoms with E-state index in [0.29, 0.717) is 33.5 Å². The van der Waals surface area contributed by atoms with Crippen LogP contribution in [0.2, 0.25) is 0 Å². The Bertz CT molecular complexity index is 1070. The number of aliphatic imine (C=N–C) groups is 1. The zero-order valence-electron chi connectivity index (χ0n) is 19.0. The molecule has 2 aromatic carbocycles. The predicted molar refractivity (Wildman–Crippen MR) is 130 cm³/mol. The number of amidine groups is 1. The fraction of sp³-hybridized carbons (Fsp3) is 0.292. The minimum Gasteiger partial charge on any atom is -0.497 e. The molecular formula is C24H27N3O5S. The van der Waals surface area contributed by atoms with Crippen LogP contribution in [-0.2, 0) is 14.3 Å². The lowest BCUT2D eigenvalue weighted by atomic mass is 9.95. The molecule has 9 heteroatoms. The number of rotatable bonds is 8. The van der Waals surface area contributed by atoms with Gasteiger partial charge in [-0.1, -0.05) is 30.0 Å². The van der Waals surface area contributed by atoms with Gasteiger partial charge in [0.2, 0.25) is 5.91 Å². The molecule has 0 unspecified atom stereocenters. The van der Waals surface area contributed by atoms with Crippen LogP contribution in [0, 0.1) is 0 Å². The first kappa shape index (κ1) is 24.2. The van der Waals surface area contributed by atoms with Gasteiger partial charge in [-0.3, -0.25) is 4.79 Å². The molecule has 1 heterocycles. The summed E-state index contributed by atoms with van der Waals surface area (Å²) in [6, 6.07) is 13.9. The largest absolute Gasteiger partial charge is 0.497 e. The lowest BCUT2D eigenvalue weighted by Gasteiger charge is -2.27. The van der Waals surface area contributed by atoms with Crippen molar-refractivity contribution in [2.45, 2.75) is 19.9 Å². The third kappa shape index (κ3) is 6.07. The van der Waals surface area contributed by atoms with E-state index in [1.807, 2.05) is 30.3 Å². The number of nitrogens with zero attached hydrogens (tertiary/aromatic N) is 1. The molecule has 0 fully saturated rings. The van der Waals surface area contributed by atoms with Gasteiger partial charge in [0.15, 0.2) is 5.17 Å². The summed E-state index contributed by atoms with van der Waals surface area (Å²) in [5.41, 5.74) is 2.36. The minimum absolute atomic E-state index is 0.144. The van der Waals surface area contributed by atoms with Crippen LogP contribution in [0.3, 0.4) is 0 Å². The highest BCUT2D eigenvalue weighted by atomic mass is 32.2. The topological polar surface area (TPSA) is 98.2 Å². The summed E-state index contributed by atoms with van der Waals surface area (Å²) < 4.78 is 16.2. The second kappa shape index (κ2) is 11.4. The number of benzene rings is 2. The fourth-order valence-electron chi connectivity index (χ4n) is 3.32. The van der Waals surface area contributed by atoms with Gasteiger partial charge in [0, 0.05) is 16.9 Å². The summed E-state index contributed by atoms with van der Waals surface area (Å²) in [7, 11) is 3.12. The molecule has 1 atom stereocenters. The molecule has 0 aliphatic carbocycles. The maximum Gasteiger partial charge on any atom is 0.338 e. The Labute approximate surface area is 197 Å². The Kier molecular flexibility index (Phi) is 8.37. The third-order valence-corrected chi connectivity index (χ3v) is 5.73. The van der Waals surface area contributed by atoms with Crippen molar-refractivity contribution in [3.8, 4) is 11.5 Å². The van der Waals surface area contributed by atoms with Crippen LogP contribution >= 0.6 is 11.8 Å². The molecule has 0 saturated heterocycles. The zero-order chi connectivity index (χ0) is 23.8. The summed E-state index contributed by atoms with van der Waals surface area (Å²) in [6.45, 7) is 3.77. The number of amides is 1. The number of carbonyl (C=O) groups is 2. The van der Waals surface area contributed by atoms with Crippen LogP contribution in [0.1, 0.15) is 25.5 Å². The monoisotopic (exact) mass is 469 g/mol. The van der Waals surface area contributed by atoms with Crippen LogP contribution < -0.4 is 20.1 Å². The van der Waals surface area contributed by atoms with Gasteiger partial charge >= 0.3 is 5.97 Å². The molecule has 1 aliphatic rings. The number of hydrogen-bond acceptors (Lipinski definition) is 8. The van der Waals surface area contributed by atoms with Crippen molar-refractivity contribution in [3.05, 3.63) is 65.4 Å². The van der Waals surface area contributed by atoms with E-state index in [9.17, 15) is 9.59 Å². The van der Waals surface area contributed by atoms with Crippen LogP contribution in [0.25, 0.3) is 0 Å². The van der Waals surface area contributed by atoms with Crippen LogP contribution in [0.5, 0.6) is 11.5 Å². The predicted octanol–water partition coefficient (Wildman–Crippen LogP) is 3.91. The van der Waals surface area contributed by atoms with Gasteiger partial charge in [-0.25, -0.2) is 9.79 Å². The Morgan fingerprint density at radius 1 is 1.12 bits per heavy atom. The molecule has 2 aromatic rings. The van der Waals surface area contributed by atoms with Gasteiger partial charge in [0.05, 0.1) is 32.2 Å². The average Bonchev–Trinajstić information content (AvgIpc) is 2.82. The maximum absolute atomic E-state index is 12.8. The number of carbonyl (C=O) groups excluding carboxylic acids is 2. The molecule has 0 spiro atoms. The van der Waals surface area contributed by atoms with Gasteiger partial charge in [0.1, 0.15) is 17.5 Å². The van der Waals surface area contributed by atoms with E-state index in [1.54, 1.807) is 46.3 Å². The zero-order valence-corrected chi connectivity index (χ0v) is 19.8. The highest BCUT2D eigenvalue weighted by Crippen LogP contribution is 2.39. The van der Waals surface area contributed by atoms with Crippen LogP contribution in [-0.4, -0.2) is 43.6 Å². The number of methoxy groups -OCH3 is 2. The number of esters is 1. The lowest BCUT2D eigenvalue weighted by molar-refractivity contribution is -0.139. The van der Waals surface area contributed by atoms with Crippen LogP contribution in [0.15, 0.2) is 64.8 Å². The molecule has 1 amide bonds. The van der Waals surface area contributed by atoms with E-state index < -0.39 is 12.0 Å². The number of ether oxygens (including phenoxy) is 3. The first-order chi connectivity index (χ1) is 16.0. The summed E-state index contributed by atoms with van der Waals surface area (Å²) in [5, 5.41) is 6.49. The molecular weight excluding hydrogens is 442 g/mol. The van der Waals surface area contributed by atoms with E-state index >= 15 is 0 Å². The van der Waals surface area contributed by atoms with Crippen molar-refractivity contribution in [1.82, 2.24) is 5.32 Å². The summed E-state index contributed by atoms with van der Waals surface area (Å²) >= 11 is 1.25. The second-order valence-electron chi connectivity index (χ2n) is 7.03. The van der Waals surface area contributed by atoms with E-state index in [1.165, 1.54) is 11.8 Å². The number of nitrogens with one attached hydrogen (secondary N) is 2. The standard InChI is InChI=1S/C24H27N3O5S/c1-5-32-23(29)21-15(2)25-24(33-14-20(28)26-16-9-7-6-8-10-16)27-22(21)18-13-17(30-3)11-12-19(18)31-4/h6-13,22H,5,14H2,1-4H3,(H,25,27)(H,26,28)/t22-/m1/s1. The summed E-state index contributed by atoms with van der Waals surface area (Å²) in [6.07, 6.45) is 0. The van der Waals surface area contributed by atoms with Crippen molar-refractivity contribution in [3.63, 3.8) is 0 Å². The molecule has 1 aliphatic heterocycles. The second-order valence-corrected chi connectivity index (χ2v) is 8.00. The number of hydrogen-bond donors (Lipinski definition) is 2. The normalized spacial score (nSPS) is 15.3. The van der Waals surface area contributed by atoms with E-state index in [2.05, 4.69) is 10.6 Å². The Morgan fingerprint density at radius 2 is 1.88 bits per heavy atom. The van der Waals surface area contributed by atoms with E-state index in [-0.39, 0.29) is 18.3 Å².